The third-order valence-corrected chi connectivity index (χ3v) is 6.19. The van der Waals surface area contributed by atoms with Crippen LogP contribution in [-0.2, 0) is 19.5 Å². The maximum absolute atomic E-state index is 13.4. The molecule has 0 saturated carbocycles. The van der Waals surface area contributed by atoms with Gasteiger partial charge in [0.05, 0.1) is 12.8 Å². The van der Waals surface area contributed by atoms with Gasteiger partial charge < -0.3 is 4.74 Å². The highest BCUT2D eigenvalue weighted by Crippen LogP contribution is 2.35. The molecule has 0 N–H and O–H groups in total. The molecule has 2 heterocycles. The Morgan fingerprint density at radius 3 is 1.94 bits per heavy atom. The number of fused-ring (bicyclic) bond motifs is 1. The van der Waals surface area contributed by atoms with Crippen LogP contribution in [0.2, 0.25) is 0 Å². The van der Waals surface area contributed by atoms with Crippen molar-refractivity contribution in [2.45, 2.75) is 32.1 Å². The topological polar surface area (TPSA) is 15.7 Å². The van der Waals surface area contributed by atoms with Gasteiger partial charge in [0.25, 0.3) is 0 Å². The zero-order valence-electron chi connectivity index (χ0n) is 17.4. The van der Waals surface area contributed by atoms with Crippen molar-refractivity contribution >= 4 is 0 Å². The monoisotopic (exact) mass is 420 g/mol. The molecular formula is C26H26F2N2O. The minimum Gasteiger partial charge on any atom is -0.493 e. The number of benzene rings is 3. The van der Waals surface area contributed by atoms with E-state index < -0.39 is 0 Å². The van der Waals surface area contributed by atoms with Crippen LogP contribution >= 0.6 is 0 Å². The van der Waals surface area contributed by atoms with Gasteiger partial charge in [0.1, 0.15) is 17.4 Å². The van der Waals surface area contributed by atoms with Crippen LogP contribution in [0.15, 0.2) is 66.7 Å². The second-order valence-corrected chi connectivity index (χ2v) is 8.39. The number of hydrogen-bond acceptors (Lipinski definition) is 3. The smallest absolute Gasteiger partial charge is 0.123 e. The first kappa shape index (κ1) is 20.2. The first-order chi connectivity index (χ1) is 15.2. The molecule has 5 rings (SSSR count). The molecule has 0 unspecified atom stereocenters. The summed E-state index contributed by atoms with van der Waals surface area (Å²) < 4.78 is 32.5. The van der Waals surface area contributed by atoms with Crippen LogP contribution in [0.3, 0.4) is 0 Å². The molecule has 3 aromatic rings. The summed E-state index contributed by atoms with van der Waals surface area (Å²) in [6.45, 7) is 4.17. The molecule has 0 spiro atoms. The molecule has 1 saturated heterocycles. The Morgan fingerprint density at radius 1 is 0.774 bits per heavy atom. The van der Waals surface area contributed by atoms with E-state index in [9.17, 15) is 8.78 Å². The summed E-state index contributed by atoms with van der Waals surface area (Å²) in [4.78, 5) is 4.91. The maximum atomic E-state index is 13.4. The number of halogens is 2. The van der Waals surface area contributed by atoms with Crippen LogP contribution < -0.4 is 4.74 Å². The maximum Gasteiger partial charge on any atom is 0.123 e. The molecule has 3 nitrogen and oxygen atoms in total. The fourth-order valence-electron chi connectivity index (χ4n) is 4.72. The van der Waals surface area contributed by atoms with Gasteiger partial charge >= 0.3 is 0 Å². The minimum absolute atomic E-state index is 0.0924. The summed E-state index contributed by atoms with van der Waals surface area (Å²) >= 11 is 0. The third kappa shape index (κ3) is 4.48. The van der Waals surface area contributed by atoms with Gasteiger partial charge in [0, 0.05) is 32.6 Å². The molecule has 0 aromatic heterocycles. The van der Waals surface area contributed by atoms with Crippen LogP contribution in [0.4, 0.5) is 8.78 Å². The number of rotatable bonds is 5. The highest BCUT2D eigenvalue weighted by atomic mass is 19.1. The molecule has 0 atom stereocenters. The standard InChI is InChI=1S/C26H26F2N2O/c27-23-7-2-19(3-8-23)17-29-13-1-14-30(18-20-4-9-24(28)10-5-20)26(29)22-6-11-25-21(16-22)12-15-31-25/h2-11,16,26H,1,12-15,17-18H2. The van der Waals surface area contributed by atoms with E-state index >= 15 is 0 Å². The van der Waals surface area contributed by atoms with E-state index in [0.29, 0.717) is 0 Å². The average molecular weight is 421 g/mol. The Labute approximate surface area is 181 Å². The zero-order chi connectivity index (χ0) is 21.2. The quantitative estimate of drug-likeness (QED) is 0.557. The highest BCUT2D eigenvalue weighted by Gasteiger charge is 2.31. The Balaban J connectivity index is 1.46. The molecule has 160 valence electrons. The minimum atomic E-state index is -0.212. The predicted octanol–water partition coefficient (Wildman–Crippen LogP) is 5.31. The summed E-state index contributed by atoms with van der Waals surface area (Å²) in [5, 5.41) is 0. The lowest BCUT2D eigenvalue weighted by Gasteiger charge is -2.44. The number of ether oxygens (including phenoxy) is 1. The fraction of sp³-hybridized carbons (Fsp3) is 0.308. The Hall–Kier alpha value is -2.76. The van der Waals surface area contributed by atoms with Gasteiger partial charge in [0.15, 0.2) is 0 Å². The van der Waals surface area contributed by atoms with Crippen LogP contribution in [0, 0.1) is 11.6 Å². The van der Waals surface area contributed by atoms with Gasteiger partial charge in [-0.2, -0.15) is 0 Å². The normalized spacial score (nSPS) is 17.5. The van der Waals surface area contributed by atoms with Crippen molar-refractivity contribution in [1.82, 2.24) is 9.80 Å². The third-order valence-electron chi connectivity index (χ3n) is 6.19. The lowest BCUT2D eigenvalue weighted by molar-refractivity contribution is -0.00914. The Morgan fingerprint density at radius 2 is 1.35 bits per heavy atom. The molecule has 5 heteroatoms. The molecule has 0 aliphatic carbocycles. The van der Waals surface area contributed by atoms with Crippen LogP contribution in [0.5, 0.6) is 5.75 Å². The molecule has 1 fully saturated rings. The molecule has 0 radical (unpaired) electrons. The van der Waals surface area contributed by atoms with E-state index in [1.54, 1.807) is 0 Å². The van der Waals surface area contributed by atoms with Crippen molar-refractivity contribution < 1.29 is 13.5 Å². The summed E-state index contributed by atoms with van der Waals surface area (Å²) in [5.74, 6) is 0.556. The molecule has 31 heavy (non-hydrogen) atoms. The molecule has 0 amide bonds. The molecular weight excluding hydrogens is 394 g/mol. The van der Waals surface area contributed by atoms with Crippen LogP contribution in [0.25, 0.3) is 0 Å². The highest BCUT2D eigenvalue weighted by molar-refractivity contribution is 5.41. The summed E-state index contributed by atoms with van der Waals surface area (Å²) in [6.07, 6.45) is 2.08. The first-order valence-corrected chi connectivity index (χ1v) is 10.9. The molecule has 2 aliphatic heterocycles. The van der Waals surface area contributed by atoms with E-state index in [1.807, 2.05) is 24.3 Å². The van der Waals surface area contributed by atoms with E-state index in [2.05, 4.69) is 28.0 Å². The first-order valence-electron chi connectivity index (χ1n) is 10.9. The zero-order valence-corrected chi connectivity index (χ0v) is 17.4. The lowest BCUT2D eigenvalue weighted by atomic mass is 10.0. The second kappa shape index (κ2) is 8.77. The van der Waals surface area contributed by atoms with Crippen molar-refractivity contribution in [1.29, 1.82) is 0 Å². The van der Waals surface area contributed by atoms with E-state index in [1.165, 1.54) is 35.4 Å². The van der Waals surface area contributed by atoms with Crippen molar-refractivity contribution in [3.8, 4) is 5.75 Å². The van der Waals surface area contributed by atoms with Crippen LogP contribution in [-0.4, -0.2) is 29.5 Å². The predicted molar refractivity (Wildman–Crippen MR) is 117 cm³/mol. The lowest BCUT2D eigenvalue weighted by Crippen LogP contribution is -2.46. The Bertz CT molecular complexity index is 981. The van der Waals surface area contributed by atoms with Gasteiger partial charge in [-0.15, -0.1) is 0 Å². The second-order valence-electron chi connectivity index (χ2n) is 8.39. The number of nitrogens with zero attached hydrogens (tertiary/aromatic N) is 2. The average Bonchev–Trinajstić information content (AvgIpc) is 3.25. The van der Waals surface area contributed by atoms with E-state index in [4.69, 9.17) is 4.74 Å². The van der Waals surface area contributed by atoms with Crippen molar-refractivity contribution in [2.24, 2.45) is 0 Å². The SMILES string of the molecule is Fc1ccc(CN2CCCN(Cc3ccc(F)cc3)C2c2ccc3c(c2)CCO3)cc1. The van der Waals surface area contributed by atoms with Gasteiger partial charge in [-0.3, -0.25) is 9.80 Å². The van der Waals surface area contributed by atoms with E-state index in [-0.39, 0.29) is 17.8 Å². The van der Waals surface area contributed by atoms with Crippen molar-refractivity contribution in [3.63, 3.8) is 0 Å². The van der Waals surface area contributed by atoms with Gasteiger partial charge in [-0.25, -0.2) is 8.78 Å². The van der Waals surface area contributed by atoms with Gasteiger partial charge in [0.2, 0.25) is 0 Å². The molecule has 3 aromatic carbocycles. The fourth-order valence-corrected chi connectivity index (χ4v) is 4.72. The molecule has 0 bridgehead atoms. The largest absolute Gasteiger partial charge is 0.493 e. The number of hydrogen-bond donors (Lipinski definition) is 0. The van der Waals surface area contributed by atoms with E-state index in [0.717, 1.165) is 62.5 Å². The van der Waals surface area contributed by atoms with Crippen LogP contribution in [0.1, 0.15) is 34.8 Å². The molecule has 2 aliphatic rings. The Kier molecular flexibility index (Phi) is 5.70. The van der Waals surface area contributed by atoms with Gasteiger partial charge in [-0.1, -0.05) is 30.3 Å². The van der Waals surface area contributed by atoms with Crippen molar-refractivity contribution in [2.75, 3.05) is 19.7 Å². The van der Waals surface area contributed by atoms with Gasteiger partial charge in [-0.05, 0) is 65.1 Å². The summed E-state index contributed by atoms with van der Waals surface area (Å²) in [7, 11) is 0. The summed E-state index contributed by atoms with van der Waals surface area (Å²) in [5.41, 5.74) is 4.69. The summed E-state index contributed by atoms with van der Waals surface area (Å²) in [6, 6.07) is 20.1. The van der Waals surface area contributed by atoms with Crippen molar-refractivity contribution in [3.05, 3.63) is 101 Å².